The standard InChI is InChI=1S/C17H17BrN2O/c1-12(17-19-15-9-5-6-10-16(15)21-17)20(2)11-13-7-3-4-8-14(13)18/h3-10,12H,11H2,1-2H3/t12-/m1/s1. The largest absolute Gasteiger partial charge is 0.439 e. The van der Waals surface area contributed by atoms with Gasteiger partial charge in [-0.25, -0.2) is 4.98 Å². The number of fused-ring (bicyclic) bond motifs is 1. The van der Waals surface area contributed by atoms with E-state index in [0.29, 0.717) is 0 Å². The van der Waals surface area contributed by atoms with Gasteiger partial charge in [0.15, 0.2) is 5.58 Å². The maximum absolute atomic E-state index is 5.85. The molecule has 3 aromatic rings. The molecule has 2 aromatic carbocycles. The molecule has 0 aliphatic carbocycles. The van der Waals surface area contributed by atoms with Crippen molar-refractivity contribution in [2.45, 2.75) is 19.5 Å². The number of benzene rings is 2. The van der Waals surface area contributed by atoms with Crippen molar-refractivity contribution in [3.8, 4) is 0 Å². The topological polar surface area (TPSA) is 29.3 Å². The molecule has 3 rings (SSSR count). The molecule has 0 radical (unpaired) electrons. The Hall–Kier alpha value is -1.65. The summed E-state index contributed by atoms with van der Waals surface area (Å²) in [6, 6.07) is 16.2. The Labute approximate surface area is 132 Å². The number of oxazole rings is 1. The fraction of sp³-hybridized carbons (Fsp3) is 0.235. The summed E-state index contributed by atoms with van der Waals surface area (Å²) in [4.78, 5) is 6.80. The molecule has 0 spiro atoms. The molecule has 1 heterocycles. The van der Waals surface area contributed by atoms with Crippen molar-refractivity contribution < 1.29 is 4.42 Å². The van der Waals surface area contributed by atoms with Gasteiger partial charge in [-0.15, -0.1) is 0 Å². The summed E-state index contributed by atoms with van der Waals surface area (Å²) in [7, 11) is 2.08. The Morgan fingerprint density at radius 3 is 2.62 bits per heavy atom. The first-order chi connectivity index (χ1) is 10.1. The van der Waals surface area contributed by atoms with E-state index >= 15 is 0 Å². The van der Waals surface area contributed by atoms with Crippen LogP contribution in [0.25, 0.3) is 11.1 Å². The molecule has 3 nitrogen and oxygen atoms in total. The summed E-state index contributed by atoms with van der Waals surface area (Å²) in [5.74, 6) is 0.755. The summed E-state index contributed by atoms with van der Waals surface area (Å²) in [6.45, 7) is 2.95. The Balaban J connectivity index is 1.80. The molecule has 0 aliphatic heterocycles. The van der Waals surface area contributed by atoms with Crippen LogP contribution in [0.2, 0.25) is 0 Å². The van der Waals surface area contributed by atoms with E-state index in [2.05, 4.69) is 58.0 Å². The lowest BCUT2D eigenvalue weighted by Crippen LogP contribution is -2.22. The van der Waals surface area contributed by atoms with Crippen molar-refractivity contribution >= 4 is 27.0 Å². The third-order valence-corrected chi connectivity index (χ3v) is 4.48. The molecule has 1 aromatic heterocycles. The maximum Gasteiger partial charge on any atom is 0.212 e. The van der Waals surface area contributed by atoms with Crippen molar-refractivity contribution in [1.82, 2.24) is 9.88 Å². The minimum absolute atomic E-state index is 0.115. The summed E-state index contributed by atoms with van der Waals surface area (Å²) in [6.07, 6.45) is 0. The van der Waals surface area contributed by atoms with E-state index < -0.39 is 0 Å². The van der Waals surface area contributed by atoms with Crippen LogP contribution >= 0.6 is 15.9 Å². The van der Waals surface area contributed by atoms with Crippen LogP contribution in [0.15, 0.2) is 57.4 Å². The third-order valence-electron chi connectivity index (χ3n) is 3.71. The molecule has 21 heavy (non-hydrogen) atoms. The van der Waals surface area contributed by atoms with Crippen LogP contribution in [0.4, 0.5) is 0 Å². The van der Waals surface area contributed by atoms with Crippen LogP contribution in [0, 0.1) is 0 Å². The Kier molecular flexibility index (Phi) is 4.08. The molecular weight excluding hydrogens is 328 g/mol. The van der Waals surface area contributed by atoms with Crippen LogP contribution in [0.1, 0.15) is 24.4 Å². The van der Waals surface area contributed by atoms with Crippen LogP contribution in [0.3, 0.4) is 0 Å². The zero-order valence-corrected chi connectivity index (χ0v) is 13.7. The summed E-state index contributed by atoms with van der Waals surface area (Å²) < 4.78 is 6.98. The highest BCUT2D eigenvalue weighted by molar-refractivity contribution is 9.10. The number of para-hydroxylation sites is 2. The van der Waals surface area contributed by atoms with Crippen molar-refractivity contribution in [2.24, 2.45) is 0 Å². The van der Waals surface area contributed by atoms with Crippen LogP contribution in [-0.2, 0) is 6.54 Å². The summed E-state index contributed by atoms with van der Waals surface area (Å²) in [5.41, 5.74) is 3.00. The van der Waals surface area contributed by atoms with Gasteiger partial charge in [-0.1, -0.05) is 46.3 Å². The molecule has 0 amide bonds. The highest BCUT2D eigenvalue weighted by atomic mass is 79.9. The Morgan fingerprint density at radius 1 is 1.14 bits per heavy atom. The number of rotatable bonds is 4. The van der Waals surface area contributed by atoms with Crippen molar-refractivity contribution in [3.05, 3.63) is 64.5 Å². The summed E-state index contributed by atoms with van der Waals surface area (Å²) >= 11 is 3.59. The van der Waals surface area contributed by atoms with E-state index in [1.54, 1.807) is 0 Å². The highest BCUT2D eigenvalue weighted by Gasteiger charge is 2.18. The van der Waals surface area contributed by atoms with Gasteiger partial charge in [0.1, 0.15) is 5.52 Å². The monoisotopic (exact) mass is 344 g/mol. The van der Waals surface area contributed by atoms with Crippen LogP contribution < -0.4 is 0 Å². The number of hydrogen-bond acceptors (Lipinski definition) is 3. The number of aromatic nitrogens is 1. The fourth-order valence-corrected chi connectivity index (χ4v) is 2.70. The fourth-order valence-electron chi connectivity index (χ4n) is 2.29. The molecule has 0 bridgehead atoms. The van der Waals surface area contributed by atoms with Gasteiger partial charge >= 0.3 is 0 Å². The molecule has 0 aliphatic rings. The first-order valence-corrected chi connectivity index (χ1v) is 7.73. The van der Waals surface area contributed by atoms with Crippen molar-refractivity contribution in [3.63, 3.8) is 0 Å². The van der Waals surface area contributed by atoms with Crippen LogP contribution in [0.5, 0.6) is 0 Å². The second-order valence-corrected chi connectivity index (χ2v) is 6.06. The summed E-state index contributed by atoms with van der Waals surface area (Å²) in [5, 5.41) is 0. The Bertz CT molecular complexity index is 720. The maximum atomic E-state index is 5.85. The normalized spacial score (nSPS) is 13.0. The molecule has 108 valence electrons. The zero-order chi connectivity index (χ0) is 14.8. The average Bonchev–Trinajstić information content (AvgIpc) is 2.92. The van der Waals surface area contributed by atoms with Crippen molar-refractivity contribution in [1.29, 1.82) is 0 Å². The van der Waals surface area contributed by atoms with E-state index in [-0.39, 0.29) is 6.04 Å². The average molecular weight is 345 g/mol. The van der Waals surface area contributed by atoms with E-state index in [9.17, 15) is 0 Å². The molecule has 0 saturated carbocycles. The van der Waals surface area contributed by atoms with Gasteiger partial charge in [-0.2, -0.15) is 0 Å². The second-order valence-electron chi connectivity index (χ2n) is 5.20. The quantitative estimate of drug-likeness (QED) is 0.681. The van der Waals surface area contributed by atoms with E-state index in [1.807, 2.05) is 30.3 Å². The van der Waals surface area contributed by atoms with Gasteiger partial charge in [-0.3, -0.25) is 4.90 Å². The Morgan fingerprint density at radius 2 is 1.86 bits per heavy atom. The minimum atomic E-state index is 0.115. The zero-order valence-electron chi connectivity index (χ0n) is 12.1. The second kappa shape index (κ2) is 6.00. The first-order valence-electron chi connectivity index (χ1n) is 6.94. The lowest BCUT2D eigenvalue weighted by molar-refractivity contribution is 0.219. The van der Waals surface area contributed by atoms with E-state index in [4.69, 9.17) is 4.42 Å². The number of hydrogen-bond donors (Lipinski definition) is 0. The van der Waals surface area contributed by atoms with Gasteiger partial charge < -0.3 is 4.42 Å². The predicted molar refractivity (Wildman–Crippen MR) is 88.0 cm³/mol. The highest BCUT2D eigenvalue weighted by Crippen LogP contribution is 2.26. The molecule has 0 fully saturated rings. The number of halogens is 1. The molecule has 4 heteroatoms. The van der Waals surface area contributed by atoms with Gasteiger partial charge in [0.05, 0.1) is 6.04 Å². The lowest BCUT2D eigenvalue weighted by Gasteiger charge is -2.22. The predicted octanol–water partition coefficient (Wildman–Crippen LogP) is 4.78. The molecule has 0 saturated heterocycles. The molecule has 0 N–H and O–H groups in total. The van der Waals surface area contributed by atoms with Gasteiger partial charge in [0, 0.05) is 11.0 Å². The van der Waals surface area contributed by atoms with E-state index in [1.165, 1.54) is 5.56 Å². The minimum Gasteiger partial charge on any atom is -0.439 e. The smallest absolute Gasteiger partial charge is 0.212 e. The third kappa shape index (κ3) is 3.01. The molecule has 1 atom stereocenters. The molecule has 0 unspecified atom stereocenters. The van der Waals surface area contributed by atoms with Crippen molar-refractivity contribution in [2.75, 3.05) is 7.05 Å². The first kappa shape index (κ1) is 14.3. The van der Waals surface area contributed by atoms with E-state index in [0.717, 1.165) is 28.0 Å². The van der Waals surface area contributed by atoms with Crippen LogP contribution in [-0.4, -0.2) is 16.9 Å². The molecular formula is C17H17BrN2O. The number of nitrogens with zero attached hydrogens (tertiary/aromatic N) is 2. The van der Waals surface area contributed by atoms with Gasteiger partial charge in [0.2, 0.25) is 5.89 Å². The van der Waals surface area contributed by atoms with Gasteiger partial charge in [0.25, 0.3) is 0 Å². The lowest BCUT2D eigenvalue weighted by atomic mass is 10.2. The SMILES string of the molecule is C[C@H](c1nc2ccccc2o1)N(C)Cc1ccccc1Br. The van der Waals surface area contributed by atoms with Gasteiger partial charge in [-0.05, 0) is 37.7 Å².